The van der Waals surface area contributed by atoms with Crippen LogP contribution in [-0.2, 0) is 0 Å². The van der Waals surface area contributed by atoms with Gasteiger partial charge in [0.1, 0.15) is 0 Å². The van der Waals surface area contributed by atoms with Gasteiger partial charge in [-0.15, -0.1) is 12.1 Å². The maximum Gasteiger partial charge on any atom is 1.00 e. The molecule has 1 aromatic rings. The van der Waals surface area contributed by atoms with Crippen molar-refractivity contribution in [1.29, 1.82) is 0 Å². The van der Waals surface area contributed by atoms with Crippen LogP contribution in [0.1, 0.15) is 5.56 Å². The van der Waals surface area contributed by atoms with Crippen molar-refractivity contribution in [2.45, 2.75) is 19.6 Å². The molecule has 0 aliphatic heterocycles. The first-order valence-electron chi connectivity index (χ1n) is 3.92. The van der Waals surface area contributed by atoms with Crippen LogP contribution in [0.5, 0.6) is 0 Å². The zero-order valence-corrected chi connectivity index (χ0v) is 12.6. The molecule has 0 aliphatic rings. The summed E-state index contributed by atoms with van der Waals surface area (Å²) in [6, 6.07) is 8.59. The van der Waals surface area contributed by atoms with Gasteiger partial charge in [-0.25, -0.2) is 0 Å². The average Bonchev–Trinajstić information content (AvgIpc) is 1.86. The van der Waals surface area contributed by atoms with Crippen molar-refractivity contribution in [3.8, 4) is 0 Å². The summed E-state index contributed by atoms with van der Waals surface area (Å²) in [5.41, 5.74) is 1.10. The maximum atomic E-state index is 3.86. The third kappa shape index (κ3) is 3.77. The first kappa shape index (κ1) is 12.9. The van der Waals surface area contributed by atoms with Gasteiger partial charge in [0.2, 0.25) is 0 Å². The maximum absolute atomic E-state index is 3.86. The molecule has 0 saturated carbocycles. The minimum absolute atomic E-state index is 0. The molecular weight excluding hydrogens is 187 g/mol. The Morgan fingerprint density at radius 2 is 1.42 bits per heavy atom. The van der Waals surface area contributed by atoms with E-state index in [9.17, 15) is 0 Å². The van der Waals surface area contributed by atoms with Gasteiger partial charge in [-0.3, -0.25) is 0 Å². The molecule has 0 saturated heterocycles. The van der Waals surface area contributed by atoms with Crippen LogP contribution >= 0.6 is 0 Å². The molecule has 0 N–H and O–H groups in total. The van der Waals surface area contributed by atoms with E-state index in [0.717, 1.165) is 5.56 Å². The molecule has 60 valence electrons. The van der Waals surface area contributed by atoms with Crippen LogP contribution in [0.4, 0.5) is 0 Å². The first-order chi connectivity index (χ1) is 5.00. The van der Waals surface area contributed by atoms with Gasteiger partial charge in [0.25, 0.3) is 0 Å². The largest absolute Gasteiger partial charge is 1.00 e. The Hall–Kier alpha value is 0.943. The molecule has 0 unspecified atom stereocenters. The van der Waals surface area contributed by atoms with E-state index >= 15 is 0 Å². The van der Waals surface area contributed by atoms with E-state index in [-0.39, 0.29) is 51.4 Å². The van der Waals surface area contributed by atoms with Crippen molar-refractivity contribution in [1.82, 2.24) is 0 Å². The average molecular weight is 202 g/mol. The predicted octanol–water partition coefficient (Wildman–Crippen LogP) is -0.582. The second kappa shape index (κ2) is 4.98. The molecule has 0 fully saturated rings. The van der Waals surface area contributed by atoms with Crippen molar-refractivity contribution in [2.24, 2.45) is 0 Å². The molecule has 1 rings (SSSR count). The van der Waals surface area contributed by atoms with Crippen molar-refractivity contribution in [3.63, 3.8) is 0 Å². The quantitative estimate of drug-likeness (QED) is 0.422. The normalized spacial score (nSPS) is 10.6. The number of rotatable bonds is 1. The van der Waals surface area contributed by atoms with Crippen LogP contribution in [0, 0.1) is 6.92 Å². The summed E-state index contributed by atoms with van der Waals surface area (Å²) in [5, 5.41) is 1.50. The van der Waals surface area contributed by atoms with Crippen LogP contribution in [-0.4, -0.2) is 8.07 Å². The third-order valence-corrected chi connectivity index (χ3v) is 3.89. The van der Waals surface area contributed by atoms with E-state index in [4.69, 9.17) is 0 Å². The Bertz CT molecular complexity index is 233. The number of hydrogen-bond acceptors (Lipinski definition) is 0. The van der Waals surface area contributed by atoms with Crippen molar-refractivity contribution < 1.29 is 51.4 Å². The van der Waals surface area contributed by atoms with Gasteiger partial charge in [0.15, 0.2) is 0 Å². The van der Waals surface area contributed by atoms with Crippen LogP contribution < -0.4 is 56.6 Å². The molecule has 2 heteroatoms. The Labute approximate surface area is 119 Å². The standard InChI is InChI=1S/C10H15Si.K/c1-9-5-7-10(8-6-9)11(2,3)4;/h5-8H,1H2,2-4H3;/q-1;+1. The number of hydrogen-bond donors (Lipinski definition) is 0. The van der Waals surface area contributed by atoms with Gasteiger partial charge in [0, 0.05) is 0 Å². The van der Waals surface area contributed by atoms with Crippen molar-refractivity contribution in [2.75, 3.05) is 0 Å². The van der Waals surface area contributed by atoms with Crippen LogP contribution in [0.25, 0.3) is 0 Å². The molecule has 1 aromatic carbocycles. The summed E-state index contributed by atoms with van der Waals surface area (Å²) >= 11 is 0. The van der Waals surface area contributed by atoms with Gasteiger partial charge in [-0.05, 0) is 0 Å². The molecule has 0 radical (unpaired) electrons. The van der Waals surface area contributed by atoms with Gasteiger partial charge >= 0.3 is 51.4 Å². The molecule has 0 aliphatic carbocycles. The van der Waals surface area contributed by atoms with Crippen LogP contribution in [0.3, 0.4) is 0 Å². The smallest absolute Gasteiger partial charge is 0.199 e. The Balaban J connectivity index is 0.00000121. The molecule has 12 heavy (non-hydrogen) atoms. The van der Waals surface area contributed by atoms with Crippen molar-refractivity contribution in [3.05, 3.63) is 36.8 Å². The fourth-order valence-corrected chi connectivity index (χ4v) is 2.17. The SMILES string of the molecule is [CH2-]c1ccc([Si](C)(C)C)cc1.[K+]. The molecule has 0 heterocycles. The fourth-order valence-electron chi connectivity index (χ4n) is 1.00. The van der Waals surface area contributed by atoms with Gasteiger partial charge in [-0.1, -0.05) is 24.8 Å². The summed E-state index contributed by atoms with van der Waals surface area (Å²) in [7, 11) is -1.08. The fraction of sp³-hybridized carbons (Fsp3) is 0.300. The first-order valence-corrected chi connectivity index (χ1v) is 7.42. The van der Waals surface area contributed by atoms with E-state index in [1.807, 2.05) is 0 Å². The molecule has 0 bridgehead atoms. The van der Waals surface area contributed by atoms with E-state index in [2.05, 4.69) is 50.8 Å². The molecule has 0 amide bonds. The zero-order valence-electron chi connectivity index (χ0n) is 8.52. The summed E-state index contributed by atoms with van der Waals surface area (Å²) in [6.07, 6.45) is 0. The molecule has 0 atom stereocenters. The van der Waals surface area contributed by atoms with E-state index in [1.54, 1.807) is 0 Å². The topological polar surface area (TPSA) is 0 Å². The summed E-state index contributed by atoms with van der Waals surface area (Å²) < 4.78 is 0. The van der Waals surface area contributed by atoms with Gasteiger partial charge in [0.05, 0.1) is 8.07 Å². The second-order valence-corrected chi connectivity index (χ2v) is 9.02. The van der Waals surface area contributed by atoms with Gasteiger partial charge < -0.3 is 0 Å². The predicted molar refractivity (Wildman–Crippen MR) is 53.9 cm³/mol. The van der Waals surface area contributed by atoms with Crippen LogP contribution in [0.2, 0.25) is 19.6 Å². The molecule has 0 nitrogen and oxygen atoms in total. The van der Waals surface area contributed by atoms with E-state index in [0.29, 0.717) is 0 Å². The third-order valence-electron chi connectivity index (χ3n) is 1.82. The van der Waals surface area contributed by atoms with Crippen molar-refractivity contribution >= 4 is 13.3 Å². The monoisotopic (exact) mass is 202 g/mol. The number of benzene rings is 1. The molecule has 0 spiro atoms. The second-order valence-electron chi connectivity index (χ2n) is 3.95. The minimum atomic E-state index is -1.08. The van der Waals surface area contributed by atoms with Gasteiger partial charge in [-0.2, -0.15) is 24.6 Å². The Morgan fingerprint density at radius 1 is 1.00 bits per heavy atom. The van der Waals surface area contributed by atoms with E-state index < -0.39 is 8.07 Å². The zero-order chi connectivity index (χ0) is 8.48. The minimum Gasteiger partial charge on any atom is -0.199 e. The Kier molecular flexibility index (Phi) is 5.37. The van der Waals surface area contributed by atoms with Crippen LogP contribution in [0.15, 0.2) is 24.3 Å². The Morgan fingerprint density at radius 3 is 1.75 bits per heavy atom. The summed E-state index contributed by atoms with van der Waals surface area (Å²) in [4.78, 5) is 0. The summed E-state index contributed by atoms with van der Waals surface area (Å²) in [5.74, 6) is 0. The van der Waals surface area contributed by atoms with E-state index in [1.165, 1.54) is 5.19 Å². The molecule has 0 aromatic heterocycles. The molecular formula is C10H15KSi. The summed E-state index contributed by atoms with van der Waals surface area (Å²) in [6.45, 7) is 10.9.